The van der Waals surface area contributed by atoms with Crippen LogP contribution in [0.25, 0.3) is 0 Å². The highest BCUT2D eigenvalue weighted by Crippen LogP contribution is 2.27. The minimum absolute atomic E-state index is 0.147. The Kier molecular flexibility index (Phi) is 9.97. The molecule has 0 saturated heterocycles. The highest BCUT2D eigenvalue weighted by atomic mass is 16.6. The van der Waals surface area contributed by atoms with E-state index in [2.05, 4.69) is 16.7 Å². The van der Waals surface area contributed by atoms with Crippen molar-refractivity contribution in [3.05, 3.63) is 34.9 Å². The van der Waals surface area contributed by atoms with Crippen molar-refractivity contribution in [1.29, 1.82) is 0 Å². The van der Waals surface area contributed by atoms with E-state index in [9.17, 15) is 14.4 Å². The maximum Gasteiger partial charge on any atom is 0.408 e. The van der Waals surface area contributed by atoms with Crippen molar-refractivity contribution in [2.75, 3.05) is 0 Å². The molecule has 7 nitrogen and oxygen atoms in total. The Hall–Kier alpha value is -3.01. The SMILES string of the molecule is C#CN(C(=O)C(NC(=O)OC(C)(C)C)C(C)CC)C(C(=O)NC(C)C)c1ccc(C)cc1C. The molecule has 3 amide bonds. The Morgan fingerprint density at radius 3 is 2.18 bits per heavy atom. The van der Waals surface area contributed by atoms with Crippen LogP contribution in [0.1, 0.15) is 77.6 Å². The molecule has 2 N–H and O–H groups in total. The number of carbonyl (C=O) groups is 3. The Morgan fingerprint density at radius 1 is 1.12 bits per heavy atom. The lowest BCUT2D eigenvalue weighted by Crippen LogP contribution is -2.54. The molecular weight excluding hydrogens is 418 g/mol. The van der Waals surface area contributed by atoms with Gasteiger partial charge in [0, 0.05) is 12.1 Å². The van der Waals surface area contributed by atoms with Gasteiger partial charge < -0.3 is 15.4 Å². The van der Waals surface area contributed by atoms with Crippen molar-refractivity contribution in [2.24, 2.45) is 5.92 Å². The van der Waals surface area contributed by atoms with Gasteiger partial charge in [-0.05, 0) is 65.5 Å². The summed E-state index contributed by atoms with van der Waals surface area (Å²) in [7, 11) is 0. The number of benzene rings is 1. The van der Waals surface area contributed by atoms with Gasteiger partial charge in [0.25, 0.3) is 5.91 Å². The number of hydrogen-bond donors (Lipinski definition) is 2. The molecule has 0 aliphatic carbocycles. The lowest BCUT2D eigenvalue weighted by atomic mass is 9.94. The van der Waals surface area contributed by atoms with E-state index < -0.39 is 29.7 Å². The topological polar surface area (TPSA) is 87.7 Å². The van der Waals surface area contributed by atoms with E-state index in [1.165, 1.54) is 0 Å². The molecule has 1 aromatic carbocycles. The van der Waals surface area contributed by atoms with Crippen LogP contribution in [0.5, 0.6) is 0 Å². The average Bonchev–Trinajstić information content (AvgIpc) is 2.68. The average molecular weight is 458 g/mol. The summed E-state index contributed by atoms with van der Waals surface area (Å²) in [4.78, 5) is 40.5. The predicted molar refractivity (Wildman–Crippen MR) is 130 cm³/mol. The highest BCUT2D eigenvalue weighted by Gasteiger charge is 2.38. The second-order valence-electron chi connectivity index (χ2n) is 9.77. The van der Waals surface area contributed by atoms with E-state index in [-0.39, 0.29) is 17.9 Å². The minimum Gasteiger partial charge on any atom is -0.444 e. The molecule has 0 bridgehead atoms. The van der Waals surface area contributed by atoms with Crippen LogP contribution >= 0.6 is 0 Å². The number of carbonyl (C=O) groups excluding carboxylic acids is 3. The van der Waals surface area contributed by atoms with Gasteiger partial charge in [0.1, 0.15) is 17.7 Å². The third-order valence-corrected chi connectivity index (χ3v) is 5.19. The number of terminal acetylenes is 1. The molecule has 0 aliphatic rings. The Labute approximate surface area is 198 Å². The first-order valence-corrected chi connectivity index (χ1v) is 11.4. The smallest absolute Gasteiger partial charge is 0.408 e. The molecule has 182 valence electrons. The lowest BCUT2D eigenvalue weighted by molar-refractivity contribution is -0.139. The molecule has 1 aromatic rings. The van der Waals surface area contributed by atoms with Gasteiger partial charge in [-0.25, -0.2) is 4.79 Å². The summed E-state index contributed by atoms with van der Waals surface area (Å²) in [5.41, 5.74) is 1.77. The lowest BCUT2D eigenvalue weighted by Gasteiger charge is -2.33. The number of amides is 3. The summed E-state index contributed by atoms with van der Waals surface area (Å²) >= 11 is 0. The first-order valence-electron chi connectivity index (χ1n) is 11.4. The molecule has 3 unspecified atom stereocenters. The monoisotopic (exact) mass is 457 g/mol. The van der Waals surface area contributed by atoms with Crippen LogP contribution in [0.2, 0.25) is 0 Å². The Bertz CT molecular complexity index is 896. The van der Waals surface area contributed by atoms with Gasteiger partial charge in [-0.2, -0.15) is 0 Å². The highest BCUT2D eigenvalue weighted by molar-refractivity contribution is 5.93. The van der Waals surface area contributed by atoms with Gasteiger partial charge >= 0.3 is 6.09 Å². The number of nitrogens with one attached hydrogen (secondary N) is 2. The number of aryl methyl sites for hydroxylation is 2. The van der Waals surface area contributed by atoms with Crippen LogP contribution in [0.3, 0.4) is 0 Å². The summed E-state index contributed by atoms with van der Waals surface area (Å²) in [5, 5.41) is 5.54. The van der Waals surface area contributed by atoms with Gasteiger partial charge in [-0.15, -0.1) is 0 Å². The van der Waals surface area contributed by atoms with Crippen LogP contribution in [0, 0.1) is 32.2 Å². The van der Waals surface area contributed by atoms with Gasteiger partial charge in [0.05, 0.1) is 0 Å². The largest absolute Gasteiger partial charge is 0.444 e. The van der Waals surface area contributed by atoms with E-state index in [1.54, 1.807) is 20.8 Å². The van der Waals surface area contributed by atoms with Gasteiger partial charge in [0.15, 0.2) is 0 Å². The fourth-order valence-corrected chi connectivity index (χ4v) is 3.43. The fraction of sp³-hybridized carbons (Fsp3) is 0.577. The first-order chi connectivity index (χ1) is 15.2. The van der Waals surface area contributed by atoms with Crippen LogP contribution < -0.4 is 10.6 Å². The maximum atomic E-state index is 13.7. The second-order valence-corrected chi connectivity index (χ2v) is 9.77. The van der Waals surface area contributed by atoms with E-state index in [1.807, 2.05) is 59.7 Å². The molecule has 3 atom stereocenters. The summed E-state index contributed by atoms with van der Waals surface area (Å²) in [5.74, 6) is -1.17. The quantitative estimate of drug-likeness (QED) is 0.452. The second kappa shape index (κ2) is 11.7. The van der Waals surface area contributed by atoms with Crippen LogP contribution in [-0.2, 0) is 14.3 Å². The maximum absolute atomic E-state index is 13.7. The van der Waals surface area contributed by atoms with Crippen LogP contribution in [0.15, 0.2) is 18.2 Å². The molecule has 1 rings (SSSR count). The number of ether oxygens (including phenoxy) is 1. The molecule has 0 radical (unpaired) electrons. The predicted octanol–water partition coefficient (Wildman–Crippen LogP) is 4.23. The van der Waals surface area contributed by atoms with Crippen LogP contribution in [0.4, 0.5) is 4.79 Å². The van der Waals surface area contributed by atoms with Crippen molar-refractivity contribution >= 4 is 17.9 Å². The number of alkyl carbamates (subject to hydrolysis) is 1. The Morgan fingerprint density at radius 2 is 1.73 bits per heavy atom. The van der Waals surface area contributed by atoms with Crippen molar-refractivity contribution < 1.29 is 19.1 Å². The van der Waals surface area contributed by atoms with E-state index >= 15 is 0 Å². The number of hydrogen-bond acceptors (Lipinski definition) is 4. The zero-order valence-electron chi connectivity index (χ0n) is 21.4. The molecular formula is C26H39N3O4. The molecule has 0 aliphatic heterocycles. The zero-order chi connectivity index (χ0) is 25.5. The molecule has 0 heterocycles. The molecule has 7 heteroatoms. The van der Waals surface area contributed by atoms with E-state index in [0.717, 1.165) is 16.0 Å². The summed E-state index contributed by atoms with van der Waals surface area (Å²) in [6.07, 6.45) is 5.70. The first kappa shape index (κ1) is 28.0. The van der Waals surface area contributed by atoms with Crippen molar-refractivity contribution in [2.45, 2.75) is 92.5 Å². The number of nitrogens with zero attached hydrogens (tertiary/aromatic N) is 1. The molecule has 33 heavy (non-hydrogen) atoms. The molecule has 0 aromatic heterocycles. The minimum atomic E-state index is -1.04. The van der Waals surface area contributed by atoms with Crippen molar-refractivity contribution in [3.63, 3.8) is 0 Å². The standard InChI is InChI=1S/C26H39N3O4/c1-11-18(6)21(28-25(32)33-26(8,9)10)24(31)29(12-2)22(23(30)27-16(3)4)20-14-13-17(5)15-19(20)7/h2,13-16,18,21-22H,11H2,1,3-10H3,(H,27,30)(H,28,32). The molecule has 0 saturated carbocycles. The van der Waals surface area contributed by atoms with Crippen molar-refractivity contribution in [3.8, 4) is 12.5 Å². The zero-order valence-corrected chi connectivity index (χ0v) is 21.4. The third kappa shape index (κ3) is 8.12. The van der Waals surface area contributed by atoms with E-state index in [4.69, 9.17) is 11.2 Å². The summed E-state index contributed by atoms with van der Waals surface area (Å²) < 4.78 is 5.35. The van der Waals surface area contributed by atoms with Crippen LogP contribution in [-0.4, -0.2) is 40.5 Å². The third-order valence-electron chi connectivity index (χ3n) is 5.19. The van der Waals surface area contributed by atoms with Gasteiger partial charge in [0.2, 0.25) is 5.91 Å². The Balaban J connectivity index is 3.46. The fourth-order valence-electron chi connectivity index (χ4n) is 3.43. The van der Waals surface area contributed by atoms with E-state index in [0.29, 0.717) is 12.0 Å². The summed E-state index contributed by atoms with van der Waals surface area (Å²) in [6.45, 7) is 16.5. The van der Waals surface area contributed by atoms with Crippen molar-refractivity contribution in [1.82, 2.24) is 15.5 Å². The molecule has 0 fully saturated rings. The summed E-state index contributed by atoms with van der Waals surface area (Å²) in [6, 6.07) is 5.89. The van der Waals surface area contributed by atoms with Gasteiger partial charge in [-0.1, -0.05) is 50.5 Å². The molecule has 0 spiro atoms. The normalized spacial score (nSPS) is 14.0. The number of rotatable bonds is 8. The van der Waals surface area contributed by atoms with Gasteiger partial charge in [-0.3, -0.25) is 14.5 Å².